The third-order valence-electron chi connectivity index (χ3n) is 3.17. The molecule has 0 amide bonds. The summed E-state index contributed by atoms with van der Waals surface area (Å²) in [6.07, 6.45) is 1.60. The number of carbonyl (C=O) groups is 1. The average Bonchev–Trinajstić information content (AvgIpc) is 2.47. The fraction of sp³-hybridized carbons (Fsp3) is 0.562. The number of hydrogen-bond acceptors (Lipinski definition) is 4. The third kappa shape index (κ3) is 5.97. The van der Waals surface area contributed by atoms with Gasteiger partial charge in [-0.1, -0.05) is 31.2 Å². The van der Waals surface area contributed by atoms with Crippen LogP contribution in [0.15, 0.2) is 24.3 Å². The Labute approximate surface area is 126 Å². The van der Waals surface area contributed by atoms with Crippen LogP contribution in [0.3, 0.4) is 0 Å². The van der Waals surface area contributed by atoms with E-state index in [1.807, 2.05) is 0 Å². The molecule has 0 spiro atoms. The minimum atomic E-state index is -0.133. The number of esters is 1. The van der Waals surface area contributed by atoms with Crippen LogP contribution < -0.4 is 5.32 Å². The van der Waals surface area contributed by atoms with E-state index in [1.165, 1.54) is 18.2 Å². The summed E-state index contributed by atoms with van der Waals surface area (Å²) in [4.78, 5) is 11.1. The molecule has 112 valence electrons. The van der Waals surface area contributed by atoms with Crippen LogP contribution in [0.1, 0.15) is 36.9 Å². The highest BCUT2D eigenvalue weighted by atomic mass is 32.2. The van der Waals surface area contributed by atoms with Crippen LogP contribution in [0, 0.1) is 6.92 Å². The summed E-state index contributed by atoms with van der Waals surface area (Å²) < 4.78 is 4.66. The first-order chi connectivity index (χ1) is 9.69. The summed E-state index contributed by atoms with van der Waals surface area (Å²) >= 11 is 1.80. The van der Waals surface area contributed by atoms with Gasteiger partial charge in [0.15, 0.2) is 0 Å². The highest BCUT2D eigenvalue weighted by molar-refractivity contribution is 7.99. The number of benzene rings is 1. The van der Waals surface area contributed by atoms with E-state index in [2.05, 4.69) is 48.2 Å². The summed E-state index contributed by atoms with van der Waals surface area (Å²) in [7, 11) is 1.44. The van der Waals surface area contributed by atoms with Crippen LogP contribution >= 0.6 is 11.8 Å². The number of hydrogen-bond donors (Lipinski definition) is 1. The number of aryl methyl sites for hydroxylation is 1. The van der Waals surface area contributed by atoms with Gasteiger partial charge in [-0.05, 0) is 31.0 Å². The molecule has 1 atom stereocenters. The van der Waals surface area contributed by atoms with E-state index in [9.17, 15) is 4.79 Å². The molecule has 1 rings (SSSR count). The maximum Gasteiger partial charge on any atom is 0.306 e. The molecule has 0 aliphatic heterocycles. The van der Waals surface area contributed by atoms with E-state index in [0.29, 0.717) is 12.5 Å². The summed E-state index contributed by atoms with van der Waals surface area (Å²) in [5.74, 6) is 1.65. The Balaban J connectivity index is 2.52. The van der Waals surface area contributed by atoms with Crippen molar-refractivity contribution in [3.63, 3.8) is 0 Å². The highest BCUT2D eigenvalue weighted by Gasteiger charge is 2.13. The van der Waals surface area contributed by atoms with Crippen molar-refractivity contribution in [3.05, 3.63) is 35.4 Å². The van der Waals surface area contributed by atoms with E-state index in [0.717, 1.165) is 24.5 Å². The molecule has 1 aromatic rings. The van der Waals surface area contributed by atoms with Crippen molar-refractivity contribution in [3.8, 4) is 0 Å². The molecule has 0 radical (unpaired) electrons. The summed E-state index contributed by atoms with van der Waals surface area (Å²) in [5.41, 5.74) is 2.67. The van der Waals surface area contributed by atoms with E-state index in [1.54, 1.807) is 11.8 Å². The van der Waals surface area contributed by atoms with Gasteiger partial charge < -0.3 is 10.1 Å². The van der Waals surface area contributed by atoms with Crippen LogP contribution in [0.2, 0.25) is 0 Å². The number of rotatable bonds is 9. The fourth-order valence-electron chi connectivity index (χ4n) is 2.01. The van der Waals surface area contributed by atoms with Crippen molar-refractivity contribution in [1.82, 2.24) is 5.32 Å². The van der Waals surface area contributed by atoms with Crippen molar-refractivity contribution in [2.75, 3.05) is 25.2 Å². The molecule has 0 aromatic heterocycles. The van der Waals surface area contributed by atoms with Gasteiger partial charge in [-0.3, -0.25) is 4.79 Å². The molecule has 4 heteroatoms. The molecule has 20 heavy (non-hydrogen) atoms. The van der Waals surface area contributed by atoms with Crippen LogP contribution in [-0.2, 0) is 9.53 Å². The molecule has 1 aromatic carbocycles. The Morgan fingerprint density at radius 1 is 1.40 bits per heavy atom. The second-order valence-electron chi connectivity index (χ2n) is 4.76. The number of nitrogens with one attached hydrogen (secondary N) is 1. The molecule has 0 saturated carbocycles. The first-order valence-electron chi connectivity index (χ1n) is 7.12. The Morgan fingerprint density at radius 2 is 2.15 bits per heavy atom. The Kier molecular flexibility index (Phi) is 8.38. The molecule has 0 heterocycles. The minimum absolute atomic E-state index is 0.133. The Morgan fingerprint density at radius 3 is 2.80 bits per heavy atom. The largest absolute Gasteiger partial charge is 0.469 e. The molecule has 0 fully saturated rings. The maximum absolute atomic E-state index is 11.1. The lowest BCUT2D eigenvalue weighted by Gasteiger charge is -2.20. The van der Waals surface area contributed by atoms with Crippen molar-refractivity contribution in [2.24, 2.45) is 0 Å². The predicted octanol–water partition coefficient (Wildman–Crippen LogP) is 3.33. The lowest BCUT2D eigenvalue weighted by atomic mass is 10.0. The second-order valence-corrected chi connectivity index (χ2v) is 5.91. The van der Waals surface area contributed by atoms with Crippen molar-refractivity contribution in [1.29, 1.82) is 0 Å². The van der Waals surface area contributed by atoms with Gasteiger partial charge in [0.1, 0.15) is 0 Å². The number of thioether (sulfide) groups is 1. The zero-order valence-electron chi connectivity index (χ0n) is 12.6. The van der Waals surface area contributed by atoms with E-state index < -0.39 is 0 Å². The zero-order chi connectivity index (χ0) is 14.8. The Hall–Kier alpha value is -1.00. The minimum Gasteiger partial charge on any atom is -0.469 e. The predicted molar refractivity (Wildman–Crippen MR) is 86.2 cm³/mol. The second kappa shape index (κ2) is 9.83. The normalized spacial score (nSPS) is 12.2. The van der Waals surface area contributed by atoms with E-state index in [-0.39, 0.29) is 5.97 Å². The molecule has 1 N–H and O–H groups in total. The summed E-state index contributed by atoms with van der Waals surface area (Å²) in [5, 5.41) is 3.59. The topological polar surface area (TPSA) is 38.3 Å². The summed E-state index contributed by atoms with van der Waals surface area (Å²) in [6.45, 7) is 5.33. The maximum atomic E-state index is 11.1. The lowest BCUT2D eigenvalue weighted by Crippen LogP contribution is -2.25. The van der Waals surface area contributed by atoms with Crippen LogP contribution in [0.5, 0.6) is 0 Å². The number of methoxy groups -OCH3 is 1. The lowest BCUT2D eigenvalue weighted by molar-refractivity contribution is -0.140. The van der Waals surface area contributed by atoms with Crippen molar-refractivity contribution >= 4 is 17.7 Å². The van der Waals surface area contributed by atoms with Gasteiger partial charge in [-0.2, -0.15) is 11.8 Å². The molecule has 0 saturated heterocycles. The summed E-state index contributed by atoms with van der Waals surface area (Å²) in [6, 6.07) is 8.83. The molecule has 0 bridgehead atoms. The quantitative estimate of drug-likeness (QED) is 0.560. The van der Waals surface area contributed by atoms with Crippen LogP contribution in [-0.4, -0.2) is 31.1 Å². The van der Waals surface area contributed by atoms with Crippen molar-refractivity contribution < 1.29 is 9.53 Å². The number of carbonyl (C=O) groups excluding carboxylic acids is 1. The molecule has 0 aliphatic carbocycles. The first-order valence-corrected chi connectivity index (χ1v) is 8.28. The fourth-order valence-corrected chi connectivity index (χ4v) is 3.02. The van der Waals surface area contributed by atoms with Gasteiger partial charge in [-0.15, -0.1) is 0 Å². The molecule has 1 unspecified atom stereocenters. The monoisotopic (exact) mass is 295 g/mol. The zero-order valence-corrected chi connectivity index (χ0v) is 13.5. The molecule has 3 nitrogen and oxygen atoms in total. The molecule has 0 aliphatic rings. The Bertz CT molecular complexity index is 409. The van der Waals surface area contributed by atoms with Gasteiger partial charge in [0.25, 0.3) is 0 Å². The molecular weight excluding hydrogens is 270 g/mol. The SMILES string of the molecule is CCCNC(CSCCC(=O)OC)c1ccccc1C. The van der Waals surface area contributed by atoms with Gasteiger partial charge in [-0.25, -0.2) is 0 Å². The van der Waals surface area contributed by atoms with E-state index in [4.69, 9.17) is 0 Å². The van der Waals surface area contributed by atoms with Gasteiger partial charge in [0.05, 0.1) is 13.5 Å². The highest BCUT2D eigenvalue weighted by Crippen LogP contribution is 2.22. The number of ether oxygens (including phenoxy) is 1. The van der Waals surface area contributed by atoms with Gasteiger partial charge in [0, 0.05) is 17.5 Å². The standard InChI is InChI=1S/C16H25NO2S/c1-4-10-17-15(12-20-11-9-16(18)19-3)14-8-6-5-7-13(14)2/h5-8,15,17H,4,9-12H2,1-3H3. The van der Waals surface area contributed by atoms with Crippen LogP contribution in [0.25, 0.3) is 0 Å². The van der Waals surface area contributed by atoms with Crippen LogP contribution in [0.4, 0.5) is 0 Å². The third-order valence-corrected chi connectivity index (χ3v) is 4.23. The van der Waals surface area contributed by atoms with E-state index >= 15 is 0 Å². The molecular formula is C16H25NO2S. The van der Waals surface area contributed by atoms with Crippen molar-refractivity contribution in [2.45, 2.75) is 32.7 Å². The first kappa shape index (κ1) is 17.1. The van der Waals surface area contributed by atoms with Gasteiger partial charge >= 0.3 is 5.97 Å². The van der Waals surface area contributed by atoms with Gasteiger partial charge in [0.2, 0.25) is 0 Å². The smallest absolute Gasteiger partial charge is 0.306 e. The average molecular weight is 295 g/mol.